The van der Waals surface area contributed by atoms with Gasteiger partial charge >= 0.3 is 0 Å². The van der Waals surface area contributed by atoms with Crippen molar-refractivity contribution in [2.24, 2.45) is 0 Å². The van der Waals surface area contributed by atoms with Crippen LogP contribution in [-0.2, 0) is 9.63 Å². The van der Waals surface area contributed by atoms with Gasteiger partial charge in [0, 0.05) is 5.02 Å². The van der Waals surface area contributed by atoms with E-state index in [4.69, 9.17) is 21.2 Å². The van der Waals surface area contributed by atoms with Crippen molar-refractivity contribution in [2.45, 2.75) is 26.1 Å². The van der Waals surface area contributed by atoms with E-state index in [-0.39, 0.29) is 12.0 Å². The Hall–Kier alpha value is -2.04. The van der Waals surface area contributed by atoms with E-state index in [1.165, 1.54) is 0 Å². The van der Waals surface area contributed by atoms with Crippen LogP contribution in [0, 0.1) is 0 Å². The zero-order valence-electron chi connectivity index (χ0n) is 12.5. The molecule has 0 aliphatic heterocycles. The number of hydroxylamine groups is 1. The minimum atomic E-state index is -0.677. The lowest BCUT2D eigenvalue weighted by Crippen LogP contribution is -2.36. The fraction of sp³-hybridized carbons (Fsp3) is 0.235. The molecule has 22 heavy (non-hydrogen) atoms. The Morgan fingerprint density at radius 3 is 2.32 bits per heavy atom. The van der Waals surface area contributed by atoms with Crippen LogP contribution in [0.15, 0.2) is 54.6 Å². The van der Waals surface area contributed by atoms with E-state index in [9.17, 15) is 4.79 Å². The first-order valence-corrected chi connectivity index (χ1v) is 7.36. The molecule has 0 saturated carbocycles. The van der Waals surface area contributed by atoms with E-state index in [0.29, 0.717) is 10.8 Å². The maximum absolute atomic E-state index is 12.0. The number of carbonyl (C=O) groups is 1. The molecule has 4 nitrogen and oxygen atoms in total. The van der Waals surface area contributed by atoms with Crippen molar-refractivity contribution in [3.8, 4) is 5.75 Å². The average Bonchev–Trinajstić information content (AvgIpc) is 2.55. The molecule has 0 saturated heterocycles. The highest BCUT2D eigenvalue weighted by molar-refractivity contribution is 6.30. The number of halogens is 1. The van der Waals surface area contributed by atoms with Crippen LogP contribution in [0.1, 0.15) is 25.5 Å². The molecule has 0 fully saturated rings. The summed E-state index contributed by atoms with van der Waals surface area (Å²) in [6.45, 7) is 3.51. The topological polar surface area (TPSA) is 47.6 Å². The summed E-state index contributed by atoms with van der Waals surface area (Å²) in [4.78, 5) is 17.3. The zero-order valence-corrected chi connectivity index (χ0v) is 13.2. The van der Waals surface area contributed by atoms with Crippen molar-refractivity contribution in [3.05, 3.63) is 65.2 Å². The van der Waals surface area contributed by atoms with Gasteiger partial charge in [0.15, 0.2) is 6.10 Å². The quantitative estimate of drug-likeness (QED) is 0.821. The van der Waals surface area contributed by atoms with E-state index >= 15 is 0 Å². The molecule has 5 heteroatoms. The Morgan fingerprint density at radius 1 is 1.05 bits per heavy atom. The number of benzene rings is 2. The van der Waals surface area contributed by atoms with Crippen LogP contribution in [0.25, 0.3) is 0 Å². The van der Waals surface area contributed by atoms with Crippen LogP contribution in [0.3, 0.4) is 0 Å². The lowest BCUT2D eigenvalue weighted by Gasteiger charge is -2.17. The van der Waals surface area contributed by atoms with Gasteiger partial charge in [-0.25, -0.2) is 5.48 Å². The van der Waals surface area contributed by atoms with Gasteiger partial charge in [0.25, 0.3) is 5.91 Å². The number of rotatable bonds is 6. The number of carbonyl (C=O) groups excluding carboxylic acids is 1. The van der Waals surface area contributed by atoms with Crippen molar-refractivity contribution in [1.29, 1.82) is 0 Å². The first-order chi connectivity index (χ1) is 10.6. The molecule has 0 aliphatic rings. The van der Waals surface area contributed by atoms with Gasteiger partial charge in [0.05, 0.1) is 0 Å². The molecule has 2 rings (SSSR count). The Balaban J connectivity index is 1.82. The summed E-state index contributed by atoms with van der Waals surface area (Å²) in [5.41, 5.74) is 3.40. The highest BCUT2D eigenvalue weighted by atomic mass is 35.5. The van der Waals surface area contributed by atoms with Crippen molar-refractivity contribution in [2.75, 3.05) is 0 Å². The summed E-state index contributed by atoms with van der Waals surface area (Å²) < 4.78 is 5.52. The number of nitrogens with one attached hydrogen (secondary N) is 1. The van der Waals surface area contributed by atoms with Crippen LogP contribution in [0.5, 0.6) is 5.75 Å². The molecule has 0 radical (unpaired) electrons. The number of amides is 1. The minimum Gasteiger partial charge on any atom is -0.481 e. The number of hydrogen-bond donors (Lipinski definition) is 1. The standard InChI is InChI=1S/C17H18ClNO3/c1-12(14-6-4-3-5-7-14)22-19-17(20)13(2)21-16-10-8-15(18)9-11-16/h3-13H,1-2H3,(H,19,20)/t12?,13-/m0/s1. The molecule has 2 atom stereocenters. The monoisotopic (exact) mass is 319 g/mol. The summed E-state index contributed by atoms with van der Waals surface area (Å²) in [5, 5.41) is 0.615. The highest BCUT2D eigenvalue weighted by Crippen LogP contribution is 2.17. The molecule has 0 heterocycles. The van der Waals surface area contributed by atoms with Crippen LogP contribution in [0.4, 0.5) is 0 Å². The van der Waals surface area contributed by atoms with Crippen LogP contribution < -0.4 is 10.2 Å². The van der Waals surface area contributed by atoms with E-state index in [1.807, 2.05) is 37.3 Å². The normalized spacial score (nSPS) is 13.2. The van der Waals surface area contributed by atoms with Gasteiger partial charge in [-0.1, -0.05) is 41.9 Å². The van der Waals surface area contributed by atoms with Gasteiger partial charge in [-0.15, -0.1) is 0 Å². The first kappa shape index (κ1) is 16.3. The van der Waals surface area contributed by atoms with Crippen LogP contribution in [-0.4, -0.2) is 12.0 Å². The molecular formula is C17H18ClNO3. The lowest BCUT2D eigenvalue weighted by atomic mass is 10.1. The number of hydrogen-bond acceptors (Lipinski definition) is 3. The molecule has 0 aliphatic carbocycles. The van der Waals surface area contributed by atoms with Gasteiger partial charge in [0.2, 0.25) is 0 Å². The van der Waals surface area contributed by atoms with Crippen molar-refractivity contribution in [3.63, 3.8) is 0 Å². The fourth-order valence-electron chi connectivity index (χ4n) is 1.79. The summed E-state index contributed by atoms with van der Waals surface area (Å²) >= 11 is 5.80. The molecule has 0 aromatic heterocycles. The second-order valence-corrected chi connectivity index (χ2v) is 5.29. The van der Waals surface area contributed by atoms with E-state index < -0.39 is 6.10 Å². The predicted octanol–water partition coefficient (Wildman–Crippen LogP) is 3.92. The van der Waals surface area contributed by atoms with E-state index in [0.717, 1.165) is 5.56 Å². The average molecular weight is 320 g/mol. The van der Waals surface area contributed by atoms with Gasteiger partial charge in [-0.3, -0.25) is 9.63 Å². The summed E-state index contributed by atoms with van der Waals surface area (Å²) in [6, 6.07) is 16.5. The van der Waals surface area contributed by atoms with Crippen molar-refractivity contribution >= 4 is 17.5 Å². The Morgan fingerprint density at radius 2 is 1.68 bits per heavy atom. The van der Waals surface area contributed by atoms with Crippen molar-refractivity contribution in [1.82, 2.24) is 5.48 Å². The Labute approximate surface area is 135 Å². The third-order valence-corrected chi connectivity index (χ3v) is 3.35. The Bertz CT molecular complexity index is 601. The molecule has 1 amide bonds. The molecule has 2 aromatic rings. The van der Waals surface area contributed by atoms with E-state index in [2.05, 4.69) is 5.48 Å². The third-order valence-electron chi connectivity index (χ3n) is 3.10. The van der Waals surface area contributed by atoms with Gasteiger partial charge < -0.3 is 4.74 Å². The molecule has 1 N–H and O–H groups in total. The van der Waals surface area contributed by atoms with Crippen LogP contribution >= 0.6 is 11.6 Å². The van der Waals surface area contributed by atoms with Crippen molar-refractivity contribution < 1.29 is 14.4 Å². The van der Waals surface area contributed by atoms with E-state index in [1.54, 1.807) is 31.2 Å². The largest absolute Gasteiger partial charge is 0.481 e. The maximum atomic E-state index is 12.0. The molecule has 2 aromatic carbocycles. The van der Waals surface area contributed by atoms with Gasteiger partial charge in [0.1, 0.15) is 11.9 Å². The Kier molecular flexibility index (Phi) is 5.81. The molecule has 116 valence electrons. The summed E-state index contributed by atoms with van der Waals surface area (Å²) in [5.74, 6) is 0.223. The lowest BCUT2D eigenvalue weighted by molar-refractivity contribution is -0.144. The summed E-state index contributed by atoms with van der Waals surface area (Å²) in [7, 11) is 0. The number of ether oxygens (including phenoxy) is 1. The zero-order chi connectivity index (χ0) is 15.9. The molecule has 1 unspecified atom stereocenters. The summed E-state index contributed by atoms with van der Waals surface area (Å²) in [6.07, 6.45) is -0.919. The first-order valence-electron chi connectivity index (χ1n) is 6.99. The fourth-order valence-corrected chi connectivity index (χ4v) is 1.92. The predicted molar refractivity (Wildman–Crippen MR) is 85.6 cm³/mol. The maximum Gasteiger partial charge on any atom is 0.284 e. The highest BCUT2D eigenvalue weighted by Gasteiger charge is 2.16. The molecular weight excluding hydrogens is 302 g/mol. The molecule has 0 bridgehead atoms. The second-order valence-electron chi connectivity index (χ2n) is 4.85. The molecule has 0 spiro atoms. The van der Waals surface area contributed by atoms with Gasteiger partial charge in [-0.05, 0) is 43.7 Å². The van der Waals surface area contributed by atoms with Crippen LogP contribution in [0.2, 0.25) is 5.02 Å². The minimum absolute atomic E-state index is 0.243. The smallest absolute Gasteiger partial charge is 0.284 e. The second kappa shape index (κ2) is 7.82. The third kappa shape index (κ3) is 4.76. The SMILES string of the molecule is CC(ONC(=O)[C@H](C)Oc1ccc(Cl)cc1)c1ccccc1. The van der Waals surface area contributed by atoms with Gasteiger partial charge in [-0.2, -0.15) is 0 Å².